The lowest BCUT2D eigenvalue weighted by molar-refractivity contribution is 0.0884. The highest BCUT2D eigenvalue weighted by Crippen LogP contribution is 2.18. The normalized spacial score (nSPS) is 15.8. The lowest BCUT2D eigenvalue weighted by Crippen LogP contribution is -2.22. The highest BCUT2D eigenvalue weighted by molar-refractivity contribution is 5.49. The van der Waals surface area contributed by atoms with Crippen LogP contribution in [0.1, 0.15) is 32.8 Å². The predicted molar refractivity (Wildman–Crippen MR) is 65.6 cm³/mol. The molecule has 1 aromatic rings. The number of aliphatic hydroxyl groups is 1. The van der Waals surface area contributed by atoms with Crippen LogP contribution in [-0.2, 0) is 0 Å². The molecule has 0 spiro atoms. The molecule has 0 fully saturated rings. The zero-order valence-corrected chi connectivity index (χ0v) is 9.77. The number of rotatable bonds is 4. The molecule has 0 saturated heterocycles. The van der Waals surface area contributed by atoms with Crippen LogP contribution in [0.3, 0.4) is 0 Å². The van der Waals surface area contributed by atoms with Gasteiger partial charge in [-0.1, -0.05) is 56.3 Å². The molecule has 0 aliphatic rings. The Balaban J connectivity index is 2.64. The predicted octanol–water partition coefficient (Wildman–Crippen LogP) is 3.50. The van der Waals surface area contributed by atoms with Crippen LogP contribution < -0.4 is 0 Å². The lowest BCUT2D eigenvalue weighted by Gasteiger charge is -2.21. The highest BCUT2D eigenvalue weighted by Gasteiger charge is 2.17. The van der Waals surface area contributed by atoms with Crippen molar-refractivity contribution in [1.82, 2.24) is 0 Å². The van der Waals surface area contributed by atoms with Gasteiger partial charge in [0.1, 0.15) is 0 Å². The van der Waals surface area contributed by atoms with E-state index in [0.29, 0.717) is 5.92 Å². The smallest absolute Gasteiger partial charge is 0.0805 e. The Kier molecular flexibility index (Phi) is 4.10. The first-order valence-electron chi connectivity index (χ1n) is 5.46. The maximum Gasteiger partial charge on any atom is 0.0805 e. The van der Waals surface area contributed by atoms with Gasteiger partial charge in [0.05, 0.1) is 5.60 Å². The van der Waals surface area contributed by atoms with Crippen molar-refractivity contribution in [2.45, 2.75) is 32.8 Å². The van der Waals surface area contributed by atoms with Crippen LogP contribution in [0.5, 0.6) is 0 Å². The van der Waals surface area contributed by atoms with E-state index in [1.165, 1.54) is 0 Å². The summed E-state index contributed by atoms with van der Waals surface area (Å²) < 4.78 is 0. The SMILES string of the molecule is CC(C)CC(C)(O)/C=C/c1ccccc1. The van der Waals surface area contributed by atoms with Gasteiger partial charge < -0.3 is 5.11 Å². The Morgan fingerprint density at radius 2 is 1.87 bits per heavy atom. The molecule has 0 amide bonds. The molecule has 0 bridgehead atoms. The fourth-order valence-electron chi connectivity index (χ4n) is 1.73. The minimum atomic E-state index is -0.704. The molecule has 1 nitrogen and oxygen atoms in total. The quantitative estimate of drug-likeness (QED) is 0.796. The van der Waals surface area contributed by atoms with E-state index >= 15 is 0 Å². The largest absolute Gasteiger partial charge is 0.386 e. The molecule has 0 saturated carbocycles. The van der Waals surface area contributed by atoms with E-state index in [0.717, 1.165) is 12.0 Å². The number of benzene rings is 1. The molecular formula is C14H20O. The van der Waals surface area contributed by atoms with E-state index in [1.807, 2.05) is 49.4 Å². The van der Waals surface area contributed by atoms with Crippen molar-refractivity contribution in [3.8, 4) is 0 Å². The Bertz CT molecular complexity index is 309. The second kappa shape index (κ2) is 5.13. The third-order valence-corrected chi connectivity index (χ3v) is 2.26. The summed E-state index contributed by atoms with van der Waals surface area (Å²) in [5.74, 6) is 0.500. The summed E-state index contributed by atoms with van der Waals surface area (Å²) in [6.07, 6.45) is 4.64. The van der Waals surface area contributed by atoms with Gasteiger partial charge in [0.15, 0.2) is 0 Å². The summed E-state index contributed by atoms with van der Waals surface area (Å²) in [5, 5.41) is 10.1. The molecule has 15 heavy (non-hydrogen) atoms. The minimum absolute atomic E-state index is 0.500. The minimum Gasteiger partial charge on any atom is -0.386 e. The van der Waals surface area contributed by atoms with Crippen LogP contribution in [0.15, 0.2) is 36.4 Å². The fraction of sp³-hybridized carbons (Fsp3) is 0.429. The molecule has 0 radical (unpaired) electrons. The molecule has 0 aliphatic heterocycles. The second-order valence-electron chi connectivity index (χ2n) is 4.70. The zero-order valence-electron chi connectivity index (χ0n) is 9.77. The number of hydrogen-bond acceptors (Lipinski definition) is 1. The van der Waals surface area contributed by atoms with Crippen molar-refractivity contribution in [3.05, 3.63) is 42.0 Å². The second-order valence-corrected chi connectivity index (χ2v) is 4.70. The standard InChI is InChI=1S/C14H20O/c1-12(2)11-14(3,15)10-9-13-7-5-4-6-8-13/h4-10,12,15H,11H2,1-3H3/b10-9+. The lowest BCUT2D eigenvalue weighted by atomic mass is 9.93. The van der Waals surface area contributed by atoms with E-state index in [1.54, 1.807) is 0 Å². The fourth-order valence-corrected chi connectivity index (χ4v) is 1.73. The van der Waals surface area contributed by atoms with E-state index in [2.05, 4.69) is 13.8 Å². The van der Waals surface area contributed by atoms with Gasteiger partial charge in [-0.25, -0.2) is 0 Å². The molecule has 1 rings (SSSR count). The molecule has 0 aliphatic carbocycles. The summed E-state index contributed by atoms with van der Waals surface area (Å²) in [4.78, 5) is 0. The van der Waals surface area contributed by atoms with Crippen LogP contribution in [0.4, 0.5) is 0 Å². The maximum absolute atomic E-state index is 10.1. The van der Waals surface area contributed by atoms with Crippen LogP contribution in [0.2, 0.25) is 0 Å². The van der Waals surface area contributed by atoms with E-state index in [9.17, 15) is 5.11 Å². The molecule has 0 aromatic heterocycles. The molecule has 1 N–H and O–H groups in total. The van der Waals surface area contributed by atoms with Gasteiger partial charge >= 0.3 is 0 Å². The topological polar surface area (TPSA) is 20.2 Å². The molecule has 1 unspecified atom stereocenters. The highest BCUT2D eigenvalue weighted by atomic mass is 16.3. The monoisotopic (exact) mass is 204 g/mol. The Morgan fingerprint density at radius 3 is 2.40 bits per heavy atom. The van der Waals surface area contributed by atoms with Crippen molar-refractivity contribution in [3.63, 3.8) is 0 Å². The van der Waals surface area contributed by atoms with Crippen molar-refractivity contribution in [2.75, 3.05) is 0 Å². The molecule has 1 heteroatoms. The van der Waals surface area contributed by atoms with E-state index in [4.69, 9.17) is 0 Å². The molecular weight excluding hydrogens is 184 g/mol. The van der Waals surface area contributed by atoms with Gasteiger partial charge in [0.2, 0.25) is 0 Å². The van der Waals surface area contributed by atoms with Gasteiger partial charge in [-0.2, -0.15) is 0 Å². The van der Waals surface area contributed by atoms with Gasteiger partial charge in [-0.15, -0.1) is 0 Å². The van der Waals surface area contributed by atoms with Crippen molar-refractivity contribution in [1.29, 1.82) is 0 Å². The zero-order chi connectivity index (χ0) is 11.3. The summed E-state index contributed by atoms with van der Waals surface area (Å²) in [6.45, 7) is 6.09. The third-order valence-electron chi connectivity index (χ3n) is 2.26. The average Bonchev–Trinajstić information content (AvgIpc) is 2.15. The van der Waals surface area contributed by atoms with Gasteiger partial charge in [-0.3, -0.25) is 0 Å². The van der Waals surface area contributed by atoms with Crippen LogP contribution >= 0.6 is 0 Å². The Hall–Kier alpha value is -1.08. The van der Waals surface area contributed by atoms with Crippen molar-refractivity contribution >= 4 is 6.08 Å². The van der Waals surface area contributed by atoms with Crippen LogP contribution in [0, 0.1) is 5.92 Å². The first kappa shape index (κ1) is 12.0. The third kappa shape index (κ3) is 4.80. The van der Waals surface area contributed by atoms with Crippen LogP contribution in [-0.4, -0.2) is 10.7 Å². The average molecular weight is 204 g/mol. The Labute approximate surface area is 92.5 Å². The summed E-state index contributed by atoms with van der Waals surface area (Å²) in [5.41, 5.74) is 0.422. The van der Waals surface area contributed by atoms with Crippen LogP contribution in [0.25, 0.3) is 6.08 Å². The van der Waals surface area contributed by atoms with Gasteiger partial charge in [0.25, 0.3) is 0 Å². The van der Waals surface area contributed by atoms with E-state index < -0.39 is 5.60 Å². The Morgan fingerprint density at radius 1 is 1.27 bits per heavy atom. The summed E-state index contributed by atoms with van der Waals surface area (Å²) >= 11 is 0. The molecule has 82 valence electrons. The first-order chi connectivity index (χ1) is 6.99. The summed E-state index contributed by atoms with van der Waals surface area (Å²) in [6, 6.07) is 10.0. The molecule has 1 atom stereocenters. The summed E-state index contributed by atoms with van der Waals surface area (Å²) in [7, 11) is 0. The van der Waals surface area contributed by atoms with Gasteiger partial charge in [-0.05, 0) is 24.8 Å². The van der Waals surface area contributed by atoms with Gasteiger partial charge in [0, 0.05) is 0 Å². The van der Waals surface area contributed by atoms with E-state index in [-0.39, 0.29) is 0 Å². The van der Waals surface area contributed by atoms with Crippen molar-refractivity contribution < 1.29 is 5.11 Å². The molecule has 0 heterocycles. The number of hydrogen-bond donors (Lipinski definition) is 1. The molecule has 1 aromatic carbocycles. The maximum atomic E-state index is 10.1. The van der Waals surface area contributed by atoms with Crippen molar-refractivity contribution in [2.24, 2.45) is 5.92 Å². The first-order valence-corrected chi connectivity index (χ1v) is 5.46.